The highest BCUT2D eigenvalue weighted by Crippen LogP contribution is 2.41. The van der Waals surface area contributed by atoms with Crippen molar-refractivity contribution in [1.82, 2.24) is 0 Å². The maximum atomic E-state index is 6.23. The number of nitrogens with zero attached hydrogens (tertiary/aromatic N) is 1. The zero-order chi connectivity index (χ0) is 37.0. The van der Waals surface area contributed by atoms with Crippen LogP contribution in [-0.4, -0.2) is 0 Å². The molecule has 0 saturated heterocycles. The Balaban J connectivity index is 0.991. The summed E-state index contributed by atoms with van der Waals surface area (Å²) in [5, 5.41) is 9.86. The van der Waals surface area contributed by atoms with E-state index in [4.69, 9.17) is 4.42 Å². The predicted octanol–water partition coefficient (Wildman–Crippen LogP) is 15.5. The first-order valence-electron chi connectivity index (χ1n) is 19.2. The van der Waals surface area contributed by atoms with Gasteiger partial charge in [-0.1, -0.05) is 158 Å². The van der Waals surface area contributed by atoms with E-state index in [2.05, 4.69) is 205 Å². The first-order valence-corrected chi connectivity index (χ1v) is 19.2. The van der Waals surface area contributed by atoms with Gasteiger partial charge in [0.05, 0.1) is 0 Å². The molecule has 0 unspecified atom stereocenters. The first-order chi connectivity index (χ1) is 27.7. The van der Waals surface area contributed by atoms with Crippen LogP contribution in [0.3, 0.4) is 0 Å². The highest BCUT2D eigenvalue weighted by molar-refractivity contribution is 6.12. The Kier molecular flexibility index (Phi) is 7.53. The molecule has 0 fully saturated rings. The molecule has 0 aliphatic heterocycles. The van der Waals surface area contributed by atoms with E-state index in [1.165, 1.54) is 54.6 Å². The molecule has 0 aliphatic rings. The Morgan fingerprint density at radius 3 is 1.50 bits per heavy atom. The van der Waals surface area contributed by atoms with Crippen molar-refractivity contribution in [1.29, 1.82) is 0 Å². The van der Waals surface area contributed by atoms with E-state index in [1.807, 2.05) is 12.1 Å². The molecule has 0 aliphatic carbocycles. The minimum Gasteiger partial charge on any atom is -0.456 e. The fraction of sp³-hybridized carbons (Fsp3) is 0. The fourth-order valence-corrected chi connectivity index (χ4v) is 8.52. The molecule has 0 spiro atoms. The van der Waals surface area contributed by atoms with Crippen molar-refractivity contribution in [2.45, 2.75) is 0 Å². The molecule has 0 N–H and O–H groups in total. The second-order valence-corrected chi connectivity index (χ2v) is 14.5. The number of fused-ring (bicyclic) bond motifs is 7. The van der Waals surface area contributed by atoms with Crippen LogP contribution >= 0.6 is 0 Å². The van der Waals surface area contributed by atoms with Gasteiger partial charge in [0.1, 0.15) is 11.2 Å². The molecule has 10 aromatic carbocycles. The summed E-state index contributed by atoms with van der Waals surface area (Å²) in [5.74, 6) is 0. The molecule has 11 aromatic rings. The standard InChI is InChI=1S/C54H35NO/c1-3-12-46-37(9-1)11-7-15-48(46)39-23-30-44(31-24-39)55(45-32-25-40(26-33-45)50-16-8-18-53-54(50)51-14-5-6-17-52(51)56-53)43-28-21-36(22-29-43)41-27-34-49-42(35-41)20-19-38-10-2-4-13-47(38)49/h1-35H. The highest BCUT2D eigenvalue weighted by atomic mass is 16.3. The Labute approximate surface area is 325 Å². The Morgan fingerprint density at radius 2 is 0.768 bits per heavy atom. The van der Waals surface area contributed by atoms with Crippen molar-refractivity contribution in [2.75, 3.05) is 4.90 Å². The molecule has 1 aromatic heterocycles. The van der Waals surface area contributed by atoms with Crippen LogP contribution in [-0.2, 0) is 0 Å². The van der Waals surface area contributed by atoms with E-state index in [0.29, 0.717) is 0 Å². The second-order valence-electron chi connectivity index (χ2n) is 14.5. The maximum absolute atomic E-state index is 6.23. The van der Waals surface area contributed by atoms with Gasteiger partial charge in [-0.25, -0.2) is 0 Å². The number of anilines is 3. The van der Waals surface area contributed by atoms with Crippen LogP contribution in [0.25, 0.3) is 87.6 Å². The van der Waals surface area contributed by atoms with E-state index in [1.54, 1.807) is 0 Å². The zero-order valence-corrected chi connectivity index (χ0v) is 30.6. The molecule has 0 atom stereocenters. The van der Waals surface area contributed by atoms with E-state index in [0.717, 1.165) is 50.1 Å². The minimum absolute atomic E-state index is 0.903. The van der Waals surface area contributed by atoms with Crippen molar-refractivity contribution >= 4 is 71.3 Å². The molecule has 0 saturated carbocycles. The summed E-state index contributed by atoms with van der Waals surface area (Å²) in [7, 11) is 0. The normalized spacial score (nSPS) is 11.6. The van der Waals surface area contributed by atoms with Gasteiger partial charge < -0.3 is 9.32 Å². The minimum atomic E-state index is 0.903. The average Bonchev–Trinajstić information content (AvgIpc) is 3.66. The summed E-state index contributed by atoms with van der Waals surface area (Å²) in [5.41, 5.74) is 12.2. The van der Waals surface area contributed by atoms with Crippen molar-refractivity contribution in [2.24, 2.45) is 0 Å². The number of benzene rings is 10. The van der Waals surface area contributed by atoms with E-state index >= 15 is 0 Å². The predicted molar refractivity (Wildman–Crippen MR) is 237 cm³/mol. The first kappa shape index (κ1) is 32.0. The molecule has 2 heteroatoms. The summed E-state index contributed by atoms with van der Waals surface area (Å²) >= 11 is 0. The Morgan fingerprint density at radius 1 is 0.286 bits per heavy atom. The third-order valence-electron chi connectivity index (χ3n) is 11.3. The van der Waals surface area contributed by atoms with Crippen LogP contribution in [0.15, 0.2) is 217 Å². The molecule has 56 heavy (non-hydrogen) atoms. The van der Waals surface area contributed by atoms with Gasteiger partial charge in [-0.2, -0.15) is 0 Å². The molecule has 0 radical (unpaired) electrons. The number of para-hydroxylation sites is 1. The Hall–Kier alpha value is -7.42. The molecule has 11 rings (SSSR count). The van der Waals surface area contributed by atoms with E-state index in [-0.39, 0.29) is 0 Å². The average molecular weight is 714 g/mol. The van der Waals surface area contributed by atoms with Gasteiger partial charge in [-0.3, -0.25) is 0 Å². The van der Waals surface area contributed by atoms with Crippen LogP contribution < -0.4 is 4.90 Å². The largest absolute Gasteiger partial charge is 0.456 e. The van der Waals surface area contributed by atoms with Gasteiger partial charge in [0.2, 0.25) is 0 Å². The van der Waals surface area contributed by atoms with Gasteiger partial charge in [0, 0.05) is 27.8 Å². The lowest BCUT2D eigenvalue weighted by Gasteiger charge is -2.26. The van der Waals surface area contributed by atoms with Crippen molar-refractivity contribution < 1.29 is 4.42 Å². The van der Waals surface area contributed by atoms with Gasteiger partial charge in [-0.05, 0) is 120 Å². The summed E-state index contributed by atoms with van der Waals surface area (Å²) in [4.78, 5) is 2.35. The van der Waals surface area contributed by atoms with Crippen LogP contribution in [0.1, 0.15) is 0 Å². The quantitative estimate of drug-likeness (QED) is 0.160. The smallest absolute Gasteiger partial charge is 0.136 e. The third kappa shape index (κ3) is 5.42. The third-order valence-corrected chi connectivity index (χ3v) is 11.3. The van der Waals surface area contributed by atoms with E-state index < -0.39 is 0 Å². The van der Waals surface area contributed by atoms with Gasteiger partial charge in [-0.15, -0.1) is 0 Å². The van der Waals surface area contributed by atoms with Crippen molar-refractivity contribution in [3.05, 3.63) is 212 Å². The highest BCUT2D eigenvalue weighted by Gasteiger charge is 2.16. The lowest BCUT2D eigenvalue weighted by molar-refractivity contribution is 0.669. The van der Waals surface area contributed by atoms with Crippen LogP contribution in [0, 0.1) is 0 Å². The van der Waals surface area contributed by atoms with Crippen molar-refractivity contribution in [3.8, 4) is 33.4 Å². The van der Waals surface area contributed by atoms with Gasteiger partial charge in [0.15, 0.2) is 0 Å². The number of furan rings is 1. The van der Waals surface area contributed by atoms with Crippen LogP contribution in [0.2, 0.25) is 0 Å². The number of hydrogen-bond acceptors (Lipinski definition) is 2. The summed E-state index contributed by atoms with van der Waals surface area (Å²) in [6.45, 7) is 0. The maximum Gasteiger partial charge on any atom is 0.136 e. The second kappa shape index (κ2) is 13.2. The van der Waals surface area contributed by atoms with Crippen LogP contribution in [0.5, 0.6) is 0 Å². The van der Waals surface area contributed by atoms with E-state index in [9.17, 15) is 0 Å². The molecule has 0 bridgehead atoms. The molecule has 0 amide bonds. The lowest BCUT2D eigenvalue weighted by Crippen LogP contribution is -2.09. The topological polar surface area (TPSA) is 16.4 Å². The molecule has 2 nitrogen and oxygen atoms in total. The summed E-state index contributed by atoms with van der Waals surface area (Å²) < 4.78 is 6.23. The molecular formula is C54H35NO. The van der Waals surface area contributed by atoms with Crippen molar-refractivity contribution in [3.63, 3.8) is 0 Å². The molecular weight excluding hydrogens is 679 g/mol. The molecule has 1 heterocycles. The monoisotopic (exact) mass is 713 g/mol. The zero-order valence-electron chi connectivity index (χ0n) is 30.6. The molecule has 262 valence electrons. The summed E-state index contributed by atoms with van der Waals surface area (Å²) in [6, 6.07) is 76.5. The van der Waals surface area contributed by atoms with Gasteiger partial charge in [0.25, 0.3) is 0 Å². The van der Waals surface area contributed by atoms with Gasteiger partial charge >= 0.3 is 0 Å². The number of rotatable bonds is 6. The summed E-state index contributed by atoms with van der Waals surface area (Å²) in [6.07, 6.45) is 0. The number of hydrogen-bond donors (Lipinski definition) is 0. The fourth-order valence-electron chi connectivity index (χ4n) is 8.52. The Bertz CT molecular complexity index is 3220. The SMILES string of the molecule is c1ccc2c(-c3ccc(N(c4ccc(-c5ccc6c(ccc7ccccc76)c5)cc4)c4ccc(-c5cccc6oc7ccccc7c56)cc4)cc3)cccc2c1. The van der Waals surface area contributed by atoms with Crippen LogP contribution in [0.4, 0.5) is 17.1 Å². The lowest BCUT2D eigenvalue weighted by atomic mass is 9.97.